The predicted octanol–water partition coefficient (Wildman–Crippen LogP) is 13.9. The minimum atomic E-state index is -1.39. The third kappa shape index (κ3) is 8.61. The highest BCUT2D eigenvalue weighted by Gasteiger charge is 2.69. The summed E-state index contributed by atoms with van der Waals surface area (Å²) in [7, 11) is 1.52. The molecule has 0 unspecified atom stereocenters. The number of aliphatic hydroxyl groups excluding tert-OH is 3. The summed E-state index contributed by atoms with van der Waals surface area (Å²) in [5.41, 5.74) is 11.2. The molecule has 2 saturated carbocycles. The first-order chi connectivity index (χ1) is 44.0. The molecule has 11 nitrogen and oxygen atoms in total. The summed E-state index contributed by atoms with van der Waals surface area (Å²) >= 11 is 0. The minimum Gasteiger partial charge on any atom is -0.482 e. The van der Waals surface area contributed by atoms with Crippen LogP contribution in [0.25, 0.3) is 29.2 Å². The molecule has 6 bridgehead atoms. The summed E-state index contributed by atoms with van der Waals surface area (Å²) in [6, 6.07) is 35.0. The molecule has 6 aromatic rings. The van der Waals surface area contributed by atoms with Crippen LogP contribution in [-0.2, 0) is 48.7 Å². The number of carbonyl (C=O) groups is 2. The van der Waals surface area contributed by atoms with E-state index in [9.17, 15) is 20.1 Å². The molecule has 4 heterocycles. The first kappa shape index (κ1) is 57.5. The smallest absolute Gasteiger partial charge is 0.340 e. The number of fused-ring (bicyclic) bond motifs is 13. The largest absolute Gasteiger partial charge is 0.482 e. The summed E-state index contributed by atoms with van der Waals surface area (Å²) in [6.07, 6.45) is 28.6. The lowest BCUT2D eigenvalue weighted by Gasteiger charge is -2.56. The molecule has 1 aromatic heterocycles. The Bertz CT molecular complexity index is 4190. The molecule has 5 aromatic carbocycles. The highest BCUT2D eigenvalue weighted by Crippen LogP contribution is 2.69. The molecular formula is C79H78O11. The minimum absolute atomic E-state index is 0.00838. The maximum Gasteiger partial charge on any atom is 0.340 e. The summed E-state index contributed by atoms with van der Waals surface area (Å²) < 4.78 is 34.5. The van der Waals surface area contributed by atoms with Gasteiger partial charge in [-0.15, -0.1) is 0 Å². The van der Waals surface area contributed by atoms with Crippen molar-refractivity contribution in [3.05, 3.63) is 233 Å². The number of rotatable bonds is 8. The number of benzene rings is 5. The van der Waals surface area contributed by atoms with E-state index in [1.54, 1.807) is 13.0 Å². The van der Waals surface area contributed by atoms with E-state index in [2.05, 4.69) is 146 Å². The molecule has 0 radical (unpaired) electrons. The van der Waals surface area contributed by atoms with Gasteiger partial charge in [-0.1, -0.05) is 152 Å². The fourth-order valence-electron chi connectivity index (χ4n) is 19.8. The van der Waals surface area contributed by atoms with Crippen molar-refractivity contribution in [2.45, 2.75) is 137 Å². The monoisotopic (exact) mass is 1200 g/mol. The normalized spacial score (nSPS) is 32.2. The average molecular weight is 1200 g/mol. The van der Waals surface area contributed by atoms with E-state index in [0.29, 0.717) is 65.4 Å². The Hall–Kier alpha value is -7.67. The van der Waals surface area contributed by atoms with E-state index in [1.165, 1.54) is 58.0 Å². The SMILES string of the molecule is COC[C@@H](CCO)c1c(CO)c2ccc3c(c2oc1=O)[C@H]1OC(=O)C[C@@H]2C[C@@H](c4cccc5c4C=C[C@H]4CCC[C@H]6C=Cc7ccccc7[C@@]564)C=C[C@H]2c2ccc4c(c2)CC[C@]25C=CC[C@@](O3)([C@H]1OC(=O)/C(=C(/C)CO)CC4)[C@H]2C[C@@H]1c2ccccc2C=C[C@@H]15. The number of hydrogen-bond donors (Lipinski definition) is 3. The number of aryl methyl sites for hydroxylation is 2. The molecule has 7 aliphatic carbocycles. The summed E-state index contributed by atoms with van der Waals surface area (Å²) in [4.78, 5) is 46.8. The van der Waals surface area contributed by atoms with Crippen molar-refractivity contribution in [2.24, 2.45) is 35.0 Å². The van der Waals surface area contributed by atoms with E-state index in [-0.39, 0.29) is 96.7 Å². The molecule has 14 atom stereocenters. The van der Waals surface area contributed by atoms with Gasteiger partial charge < -0.3 is 38.7 Å². The third-order valence-corrected chi connectivity index (χ3v) is 23.7. The molecule has 16 rings (SSSR count). The van der Waals surface area contributed by atoms with Crippen LogP contribution in [0.1, 0.15) is 173 Å². The van der Waals surface area contributed by atoms with Crippen LogP contribution in [0, 0.1) is 35.0 Å². The van der Waals surface area contributed by atoms with Crippen LogP contribution in [0.15, 0.2) is 160 Å². The molecule has 3 aliphatic heterocycles. The van der Waals surface area contributed by atoms with Crippen LogP contribution in [0.3, 0.4) is 0 Å². The average Bonchev–Trinajstić information content (AvgIpc) is 1.33. The number of ether oxygens (including phenoxy) is 4. The topological polar surface area (TPSA) is 162 Å². The van der Waals surface area contributed by atoms with Gasteiger partial charge in [-0.2, -0.15) is 0 Å². The van der Waals surface area contributed by atoms with Gasteiger partial charge in [0.2, 0.25) is 0 Å². The van der Waals surface area contributed by atoms with Crippen molar-refractivity contribution in [1.82, 2.24) is 0 Å². The van der Waals surface area contributed by atoms with Crippen molar-refractivity contribution in [3.8, 4) is 5.75 Å². The molecular weight excluding hydrogens is 1120 g/mol. The number of allylic oxidation sites excluding steroid dienone is 6. The summed E-state index contributed by atoms with van der Waals surface area (Å²) in [6.45, 7) is 0.685. The predicted molar refractivity (Wildman–Crippen MR) is 346 cm³/mol. The van der Waals surface area contributed by atoms with Crippen molar-refractivity contribution in [2.75, 3.05) is 26.9 Å². The van der Waals surface area contributed by atoms with Gasteiger partial charge >= 0.3 is 17.6 Å². The number of hydrogen-bond acceptors (Lipinski definition) is 11. The van der Waals surface area contributed by atoms with Gasteiger partial charge in [-0.3, -0.25) is 4.79 Å². The molecule has 2 spiro atoms. The fourth-order valence-corrected chi connectivity index (χ4v) is 19.8. The van der Waals surface area contributed by atoms with E-state index in [4.69, 9.17) is 23.4 Å². The lowest BCUT2D eigenvalue weighted by molar-refractivity contribution is -0.210. The molecule has 0 saturated heterocycles. The Balaban J connectivity index is 0.906. The van der Waals surface area contributed by atoms with E-state index in [0.717, 1.165) is 36.8 Å². The zero-order valence-corrected chi connectivity index (χ0v) is 51.3. The van der Waals surface area contributed by atoms with Gasteiger partial charge in [-0.05, 0) is 173 Å². The lowest BCUT2D eigenvalue weighted by Crippen LogP contribution is -2.64. The highest BCUT2D eigenvalue weighted by atomic mass is 16.6. The second kappa shape index (κ2) is 22.3. The summed E-state index contributed by atoms with van der Waals surface area (Å²) in [5, 5.41) is 33.0. The van der Waals surface area contributed by atoms with Crippen LogP contribution in [0.4, 0.5) is 0 Å². The van der Waals surface area contributed by atoms with Crippen LogP contribution in [-0.4, -0.2) is 65.9 Å². The fraction of sp³-hybridized carbons (Fsp3) is 0.405. The van der Waals surface area contributed by atoms with Crippen molar-refractivity contribution in [1.29, 1.82) is 0 Å². The summed E-state index contributed by atoms with van der Waals surface area (Å²) in [5.74, 6) is -1.42. The van der Waals surface area contributed by atoms with Crippen LogP contribution >= 0.6 is 0 Å². The molecule has 0 amide bonds. The van der Waals surface area contributed by atoms with Gasteiger partial charge in [0.05, 0.1) is 25.4 Å². The van der Waals surface area contributed by atoms with E-state index < -0.39 is 53.3 Å². The lowest BCUT2D eigenvalue weighted by atomic mass is 9.49. The number of aliphatic hydroxyl groups is 3. The molecule has 460 valence electrons. The van der Waals surface area contributed by atoms with Gasteiger partial charge in [0.15, 0.2) is 17.8 Å². The first-order valence-electron chi connectivity index (χ1n) is 33.1. The van der Waals surface area contributed by atoms with Crippen molar-refractivity contribution >= 4 is 41.1 Å². The second-order valence-corrected chi connectivity index (χ2v) is 27.7. The zero-order valence-electron chi connectivity index (χ0n) is 51.3. The molecule has 11 heteroatoms. The second-order valence-electron chi connectivity index (χ2n) is 27.7. The molecule has 2 fully saturated rings. The number of carbonyl (C=O) groups excluding carboxylic acids is 2. The Morgan fingerprint density at radius 2 is 1.58 bits per heavy atom. The number of esters is 2. The van der Waals surface area contributed by atoms with Gasteiger partial charge in [0.25, 0.3) is 0 Å². The van der Waals surface area contributed by atoms with Gasteiger partial charge in [-0.25, -0.2) is 9.59 Å². The Labute approximate surface area is 525 Å². The van der Waals surface area contributed by atoms with Gasteiger partial charge in [0, 0.05) is 77.6 Å². The Morgan fingerprint density at radius 1 is 0.778 bits per heavy atom. The maximum atomic E-state index is 16.2. The first-order valence-corrected chi connectivity index (χ1v) is 33.1. The number of methoxy groups -OCH3 is 1. The quantitative estimate of drug-likeness (QED) is 0.0576. The van der Waals surface area contributed by atoms with Crippen LogP contribution in [0.5, 0.6) is 5.75 Å². The third-order valence-electron chi connectivity index (χ3n) is 23.7. The zero-order chi connectivity index (χ0) is 61.2. The maximum absolute atomic E-state index is 16.2. The van der Waals surface area contributed by atoms with E-state index in [1.807, 2.05) is 6.07 Å². The van der Waals surface area contributed by atoms with Crippen LogP contribution in [0.2, 0.25) is 0 Å². The molecule has 3 N–H and O–H groups in total. The van der Waals surface area contributed by atoms with Gasteiger partial charge in [0.1, 0.15) is 11.3 Å². The molecule has 90 heavy (non-hydrogen) atoms. The Morgan fingerprint density at radius 3 is 2.41 bits per heavy atom. The van der Waals surface area contributed by atoms with Crippen molar-refractivity contribution < 1.29 is 48.3 Å². The van der Waals surface area contributed by atoms with E-state index >= 15 is 9.59 Å². The highest BCUT2D eigenvalue weighted by molar-refractivity contribution is 5.91. The van der Waals surface area contributed by atoms with Crippen LogP contribution < -0.4 is 10.4 Å². The van der Waals surface area contributed by atoms with Crippen molar-refractivity contribution in [3.63, 3.8) is 0 Å². The standard InChI is InChI=1S/C79H78O11/c1-45(42-81)56-26-21-46-18-19-50-38-49(46)32-36-77-34-9-35-78(68(77)41-62-58-14-5-3-10-47(58)23-30-65(62)77)74(89-75(56)84)73(71-67(90-78)31-29-61-63(43-82)70(76(85)88-72(61)71)52(33-37-80)44-86-2)87-69(83)40-53-39-51(22-27-57(50)53)59-15-8-17-66-60(59)28-25-55-13-7-12-54-24-20-48-11-4-6-16-64(48)79(54,55)66/h3-6,8-11,14-20,22-25,27-31,34,38,51-55,57,62,65,68,73-74,80-82H,7,12-13,21,26,32-33,35-37,39-44H2,1-2H3/b56-45-/t51-,52+,53-,54-,55+,57-,62+,65-,68-,73+,74-,77-,78-,79+/m0/s1. The Kier molecular flexibility index (Phi) is 14.3. The molecule has 10 aliphatic rings.